The first-order valence-electron chi connectivity index (χ1n) is 13.9. The van der Waals surface area contributed by atoms with Crippen molar-refractivity contribution in [2.75, 3.05) is 26.2 Å². The van der Waals surface area contributed by atoms with Crippen molar-refractivity contribution < 1.29 is 5.11 Å². The van der Waals surface area contributed by atoms with E-state index in [2.05, 4.69) is 24.5 Å². The summed E-state index contributed by atoms with van der Waals surface area (Å²) in [5.41, 5.74) is 0. The third-order valence-corrected chi connectivity index (χ3v) is 6.34. The van der Waals surface area contributed by atoms with Gasteiger partial charge in [0.1, 0.15) is 0 Å². The monoisotopic (exact) mass is 426 g/mol. The normalized spacial score (nSPS) is 11.6. The molecule has 0 heterocycles. The van der Waals surface area contributed by atoms with E-state index >= 15 is 0 Å². The van der Waals surface area contributed by atoms with Crippen molar-refractivity contribution in [3.05, 3.63) is 0 Å². The molecule has 0 bridgehead atoms. The Morgan fingerprint density at radius 1 is 0.500 bits per heavy atom. The van der Waals surface area contributed by atoms with Crippen molar-refractivity contribution in [2.45, 2.75) is 148 Å². The molecule has 0 saturated carbocycles. The molecule has 0 unspecified atom stereocenters. The second-order valence-electron chi connectivity index (χ2n) is 9.36. The van der Waals surface area contributed by atoms with Crippen LogP contribution < -0.4 is 10.6 Å². The highest BCUT2D eigenvalue weighted by molar-refractivity contribution is 4.68. The summed E-state index contributed by atoms with van der Waals surface area (Å²) in [7, 11) is 0. The van der Waals surface area contributed by atoms with Crippen molar-refractivity contribution in [3.8, 4) is 0 Å². The fourth-order valence-electron chi connectivity index (χ4n) is 4.32. The van der Waals surface area contributed by atoms with Crippen molar-refractivity contribution in [1.82, 2.24) is 10.6 Å². The SMILES string of the molecule is CCCCCCCCCCCC(CCCCCCCCCCC)NCCNCCO. The lowest BCUT2D eigenvalue weighted by Crippen LogP contribution is -2.35. The first-order chi connectivity index (χ1) is 14.8. The molecule has 0 aliphatic carbocycles. The number of rotatable bonds is 26. The lowest BCUT2D eigenvalue weighted by Gasteiger charge is -2.19. The van der Waals surface area contributed by atoms with Gasteiger partial charge in [0.25, 0.3) is 0 Å². The molecule has 0 fully saturated rings. The minimum Gasteiger partial charge on any atom is -0.395 e. The third-order valence-electron chi connectivity index (χ3n) is 6.34. The number of nitrogens with one attached hydrogen (secondary N) is 2. The average molecular weight is 427 g/mol. The lowest BCUT2D eigenvalue weighted by molar-refractivity contribution is 0.291. The van der Waals surface area contributed by atoms with Crippen molar-refractivity contribution >= 4 is 0 Å². The van der Waals surface area contributed by atoms with E-state index < -0.39 is 0 Å². The van der Waals surface area contributed by atoms with E-state index in [0.29, 0.717) is 12.6 Å². The summed E-state index contributed by atoms with van der Waals surface area (Å²) in [6.07, 6.45) is 28.2. The minimum atomic E-state index is 0.236. The predicted molar refractivity (Wildman–Crippen MR) is 135 cm³/mol. The molecule has 0 aromatic heterocycles. The number of unbranched alkanes of at least 4 members (excludes halogenated alkanes) is 16. The van der Waals surface area contributed by atoms with Crippen LogP contribution in [0.25, 0.3) is 0 Å². The molecule has 0 amide bonds. The maximum Gasteiger partial charge on any atom is 0.0555 e. The van der Waals surface area contributed by atoms with Gasteiger partial charge in [-0.2, -0.15) is 0 Å². The number of hydrogen-bond acceptors (Lipinski definition) is 3. The Hall–Kier alpha value is -0.120. The van der Waals surface area contributed by atoms with E-state index in [1.165, 1.54) is 128 Å². The summed E-state index contributed by atoms with van der Waals surface area (Å²) < 4.78 is 0. The number of aliphatic hydroxyl groups is 1. The van der Waals surface area contributed by atoms with Crippen LogP contribution in [-0.4, -0.2) is 37.4 Å². The summed E-state index contributed by atoms with van der Waals surface area (Å²) in [6.45, 7) is 7.53. The van der Waals surface area contributed by atoms with Gasteiger partial charge in [-0.15, -0.1) is 0 Å². The Bertz CT molecular complexity index is 277. The summed E-state index contributed by atoms with van der Waals surface area (Å²) in [6, 6.07) is 0.690. The second-order valence-corrected chi connectivity index (χ2v) is 9.36. The highest BCUT2D eigenvalue weighted by Crippen LogP contribution is 2.15. The molecule has 0 aliphatic rings. The zero-order valence-electron chi connectivity index (χ0n) is 21.0. The lowest BCUT2D eigenvalue weighted by atomic mass is 9.99. The van der Waals surface area contributed by atoms with E-state index in [1.807, 2.05) is 0 Å². The molecule has 3 nitrogen and oxygen atoms in total. The molecule has 0 radical (unpaired) electrons. The second kappa shape index (κ2) is 26.9. The summed E-state index contributed by atoms with van der Waals surface area (Å²) in [5.74, 6) is 0. The Balaban J connectivity index is 3.75. The van der Waals surface area contributed by atoms with Crippen LogP contribution in [0.5, 0.6) is 0 Å². The molecule has 3 N–H and O–H groups in total. The van der Waals surface area contributed by atoms with Gasteiger partial charge in [-0.25, -0.2) is 0 Å². The van der Waals surface area contributed by atoms with Gasteiger partial charge in [-0.1, -0.05) is 129 Å². The maximum absolute atomic E-state index is 8.89. The summed E-state index contributed by atoms with van der Waals surface area (Å²) in [5, 5.41) is 16.0. The van der Waals surface area contributed by atoms with E-state index in [9.17, 15) is 0 Å². The van der Waals surface area contributed by atoms with Gasteiger partial charge in [0.05, 0.1) is 6.61 Å². The smallest absolute Gasteiger partial charge is 0.0555 e. The highest BCUT2D eigenvalue weighted by Gasteiger charge is 2.07. The quantitative estimate of drug-likeness (QED) is 0.126. The summed E-state index contributed by atoms with van der Waals surface area (Å²) >= 11 is 0. The van der Waals surface area contributed by atoms with Gasteiger partial charge in [0, 0.05) is 25.7 Å². The van der Waals surface area contributed by atoms with E-state index in [4.69, 9.17) is 5.11 Å². The molecule has 0 rings (SSSR count). The topological polar surface area (TPSA) is 44.3 Å². The molecule has 0 aliphatic heterocycles. The third kappa shape index (κ3) is 24.2. The first-order valence-corrected chi connectivity index (χ1v) is 13.9. The Morgan fingerprint density at radius 2 is 0.900 bits per heavy atom. The molecular formula is C27H58N2O. The zero-order chi connectivity index (χ0) is 22.0. The Morgan fingerprint density at radius 3 is 1.30 bits per heavy atom. The molecule has 182 valence electrons. The Labute approximate surface area is 190 Å². The van der Waals surface area contributed by atoms with Crippen LogP contribution in [0.4, 0.5) is 0 Å². The molecule has 30 heavy (non-hydrogen) atoms. The van der Waals surface area contributed by atoms with E-state index in [-0.39, 0.29) is 6.61 Å². The van der Waals surface area contributed by atoms with Crippen LogP contribution in [0.2, 0.25) is 0 Å². The van der Waals surface area contributed by atoms with Gasteiger partial charge in [0.15, 0.2) is 0 Å². The number of hydrogen-bond donors (Lipinski definition) is 3. The van der Waals surface area contributed by atoms with Crippen molar-refractivity contribution in [3.63, 3.8) is 0 Å². The van der Waals surface area contributed by atoms with Gasteiger partial charge in [-0.3, -0.25) is 0 Å². The molecular weight excluding hydrogens is 368 g/mol. The predicted octanol–water partition coefficient (Wildman–Crippen LogP) is 7.37. The van der Waals surface area contributed by atoms with E-state index in [1.54, 1.807) is 0 Å². The molecule has 3 heteroatoms. The molecule has 0 spiro atoms. The standard InChI is InChI=1S/C27H58N2O/c1-3-5-7-9-11-13-15-17-19-21-27(29-24-23-28-25-26-30)22-20-18-16-14-12-10-8-6-4-2/h27-30H,3-26H2,1-2H3. The van der Waals surface area contributed by atoms with Crippen LogP contribution in [0.15, 0.2) is 0 Å². The van der Waals surface area contributed by atoms with Gasteiger partial charge < -0.3 is 15.7 Å². The van der Waals surface area contributed by atoms with Crippen molar-refractivity contribution in [2.24, 2.45) is 0 Å². The molecule has 0 aromatic carbocycles. The van der Waals surface area contributed by atoms with Crippen LogP contribution >= 0.6 is 0 Å². The van der Waals surface area contributed by atoms with Gasteiger partial charge >= 0.3 is 0 Å². The maximum atomic E-state index is 8.89. The van der Waals surface area contributed by atoms with E-state index in [0.717, 1.165) is 13.1 Å². The summed E-state index contributed by atoms with van der Waals surface area (Å²) in [4.78, 5) is 0. The van der Waals surface area contributed by atoms with Crippen LogP contribution in [-0.2, 0) is 0 Å². The van der Waals surface area contributed by atoms with Crippen LogP contribution in [0, 0.1) is 0 Å². The largest absolute Gasteiger partial charge is 0.395 e. The van der Waals surface area contributed by atoms with Gasteiger partial charge in [-0.05, 0) is 12.8 Å². The highest BCUT2D eigenvalue weighted by atomic mass is 16.3. The van der Waals surface area contributed by atoms with Crippen molar-refractivity contribution in [1.29, 1.82) is 0 Å². The molecule has 0 aromatic rings. The van der Waals surface area contributed by atoms with Gasteiger partial charge in [0.2, 0.25) is 0 Å². The molecule has 0 saturated heterocycles. The molecule has 0 atom stereocenters. The van der Waals surface area contributed by atoms with Crippen LogP contribution in [0.3, 0.4) is 0 Å². The minimum absolute atomic E-state index is 0.236. The fourth-order valence-corrected chi connectivity index (χ4v) is 4.32. The first kappa shape index (κ1) is 29.9. The fraction of sp³-hybridized carbons (Fsp3) is 1.00. The average Bonchev–Trinajstić information content (AvgIpc) is 2.76. The Kier molecular flexibility index (Phi) is 26.8. The number of aliphatic hydroxyl groups excluding tert-OH is 1. The zero-order valence-corrected chi connectivity index (χ0v) is 21.0. The van der Waals surface area contributed by atoms with Crippen LogP contribution in [0.1, 0.15) is 142 Å².